The van der Waals surface area contributed by atoms with Crippen LogP contribution in [0.3, 0.4) is 0 Å². The van der Waals surface area contributed by atoms with Gasteiger partial charge in [-0.15, -0.1) is 11.3 Å². The molecule has 0 saturated carbocycles. The van der Waals surface area contributed by atoms with Gasteiger partial charge in [-0.25, -0.2) is 4.39 Å². The molecule has 2 aliphatic rings. The first kappa shape index (κ1) is 19.4. The number of rotatable bonds is 5. The van der Waals surface area contributed by atoms with Crippen molar-refractivity contribution >= 4 is 28.2 Å². The van der Waals surface area contributed by atoms with E-state index < -0.39 is 0 Å². The fourth-order valence-electron chi connectivity index (χ4n) is 4.08. The number of piperazine rings is 1. The Morgan fingerprint density at radius 1 is 1.39 bits per heavy atom. The van der Waals surface area contributed by atoms with E-state index in [9.17, 15) is 4.39 Å². The van der Waals surface area contributed by atoms with Crippen molar-refractivity contribution in [3.05, 3.63) is 45.2 Å². The smallest absolute Gasteiger partial charge is 0.135 e. The Morgan fingerprint density at radius 3 is 3.07 bits per heavy atom. The van der Waals surface area contributed by atoms with Crippen LogP contribution in [0, 0.1) is 12.7 Å². The van der Waals surface area contributed by atoms with Crippen molar-refractivity contribution in [1.29, 1.82) is 0 Å². The lowest BCUT2D eigenvalue weighted by Gasteiger charge is -2.41. The molecule has 1 unspecified atom stereocenters. The molecule has 2 aromatic rings. The maximum Gasteiger partial charge on any atom is 0.135 e. The Hall–Kier alpha value is -1.96. The first-order valence-electron chi connectivity index (χ1n) is 9.75. The van der Waals surface area contributed by atoms with E-state index in [1.165, 1.54) is 10.9 Å². The van der Waals surface area contributed by atoms with E-state index in [1.54, 1.807) is 30.8 Å². The maximum absolute atomic E-state index is 14.6. The summed E-state index contributed by atoms with van der Waals surface area (Å²) in [4.78, 5) is 10.7. The van der Waals surface area contributed by atoms with E-state index in [-0.39, 0.29) is 5.82 Å². The molecular weight excluding hydrogens is 375 g/mol. The van der Waals surface area contributed by atoms with E-state index in [0.29, 0.717) is 11.3 Å². The molecule has 0 aliphatic carbocycles. The summed E-state index contributed by atoms with van der Waals surface area (Å²) < 4.78 is 19.8. The molecule has 28 heavy (non-hydrogen) atoms. The topological polar surface area (TPSA) is 40.6 Å². The first-order valence-corrected chi connectivity index (χ1v) is 10.6. The predicted octanol–water partition coefficient (Wildman–Crippen LogP) is 1.95. The number of nitrogens with one attached hydrogen (secondary N) is 1. The molecule has 5 nitrogen and oxygen atoms in total. The van der Waals surface area contributed by atoms with Crippen molar-refractivity contribution < 1.29 is 9.13 Å². The molecule has 2 aromatic heterocycles. The molecule has 0 amide bonds. The SMILES string of the molecule is COCCCC1CN(C2=c3nccc(F)c3=CNc3sc(C)cc32)CCN1C. The van der Waals surface area contributed by atoms with Crippen LogP contribution in [0.4, 0.5) is 9.39 Å². The summed E-state index contributed by atoms with van der Waals surface area (Å²) >= 11 is 1.70. The number of hydrogen-bond acceptors (Lipinski definition) is 6. The second-order valence-corrected chi connectivity index (χ2v) is 8.76. The molecule has 7 heteroatoms. The number of aromatic nitrogens is 1. The molecule has 150 valence electrons. The zero-order valence-electron chi connectivity index (χ0n) is 16.7. The lowest BCUT2D eigenvalue weighted by Crippen LogP contribution is -2.52. The number of pyridine rings is 1. The van der Waals surface area contributed by atoms with Crippen LogP contribution in [0.2, 0.25) is 0 Å². The highest BCUT2D eigenvalue weighted by Crippen LogP contribution is 2.35. The molecule has 1 N–H and O–H groups in total. The lowest BCUT2D eigenvalue weighted by molar-refractivity contribution is 0.114. The third kappa shape index (κ3) is 3.66. The van der Waals surface area contributed by atoms with E-state index in [0.717, 1.165) is 60.7 Å². The van der Waals surface area contributed by atoms with Gasteiger partial charge in [0.2, 0.25) is 0 Å². The average Bonchev–Trinajstić information content (AvgIpc) is 2.96. The van der Waals surface area contributed by atoms with Gasteiger partial charge in [-0.2, -0.15) is 0 Å². The summed E-state index contributed by atoms with van der Waals surface area (Å²) in [6.07, 6.45) is 5.44. The Kier molecular flexibility index (Phi) is 5.66. The quantitative estimate of drug-likeness (QED) is 0.775. The second-order valence-electron chi connectivity index (χ2n) is 7.51. The van der Waals surface area contributed by atoms with Crippen LogP contribution in [0.5, 0.6) is 0 Å². The average molecular weight is 403 g/mol. The highest BCUT2D eigenvalue weighted by Gasteiger charge is 2.29. The summed E-state index contributed by atoms with van der Waals surface area (Å²) in [5.41, 5.74) is 2.16. The summed E-state index contributed by atoms with van der Waals surface area (Å²) in [7, 11) is 3.94. The lowest BCUT2D eigenvalue weighted by atomic mass is 10.0. The zero-order valence-corrected chi connectivity index (χ0v) is 17.5. The number of nitrogens with zero attached hydrogens (tertiary/aromatic N) is 3. The Labute approximate surface area is 169 Å². The Morgan fingerprint density at radius 2 is 2.25 bits per heavy atom. The van der Waals surface area contributed by atoms with Gasteiger partial charge in [-0.05, 0) is 38.9 Å². The molecule has 0 bridgehead atoms. The van der Waals surface area contributed by atoms with Gasteiger partial charge in [0.1, 0.15) is 10.8 Å². The van der Waals surface area contributed by atoms with Gasteiger partial charge in [0.15, 0.2) is 0 Å². The number of halogens is 1. The molecule has 2 aliphatic heterocycles. The second kappa shape index (κ2) is 8.19. The minimum Gasteiger partial charge on any atom is -0.385 e. The van der Waals surface area contributed by atoms with Gasteiger partial charge < -0.3 is 15.0 Å². The highest BCUT2D eigenvalue weighted by molar-refractivity contribution is 7.16. The van der Waals surface area contributed by atoms with Crippen molar-refractivity contribution in [2.75, 3.05) is 45.7 Å². The maximum atomic E-state index is 14.6. The van der Waals surface area contributed by atoms with E-state index in [2.05, 4.69) is 40.1 Å². The summed E-state index contributed by atoms with van der Waals surface area (Å²) in [6, 6.07) is 4.06. The standard InChI is InChI=1S/C21H27FN4OS/c1-14-11-16-20(26-9-8-25(2)15(13-26)5-4-10-27-3)19-17(12-24-21(16)28-14)18(22)6-7-23-19/h6-7,11-12,15,24H,4-5,8-10,13H2,1-3H3. The molecule has 0 radical (unpaired) electrons. The molecule has 1 fully saturated rings. The Balaban J connectivity index is 1.79. The molecule has 1 atom stereocenters. The number of hydrogen-bond donors (Lipinski definition) is 1. The number of thiophene rings is 1. The van der Waals surface area contributed by atoms with Gasteiger partial charge in [0.05, 0.1) is 16.3 Å². The minimum atomic E-state index is -0.243. The van der Waals surface area contributed by atoms with Crippen LogP contribution in [-0.4, -0.2) is 61.2 Å². The van der Waals surface area contributed by atoms with Crippen molar-refractivity contribution in [3.8, 4) is 0 Å². The molecule has 0 aromatic carbocycles. The fraction of sp³-hybridized carbons (Fsp3) is 0.476. The molecule has 1 saturated heterocycles. The van der Waals surface area contributed by atoms with Crippen LogP contribution in [0.25, 0.3) is 11.9 Å². The number of aryl methyl sites for hydroxylation is 1. The largest absolute Gasteiger partial charge is 0.385 e. The normalized spacial score (nSPS) is 19.5. The minimum absolute atomic E-state index is 0.243. The number of fused-ring (bicyclic) bond motifs is 2. The van der Waals surface area contributed by atoms with E-state index in [4.69, 9.17) is 4.74 Å². The van der Waals surface area contributed by atoms with Crippen LogP contribution in [0.1, 0.15) is 23.3 Å². The van der Waals surface area contributed by atoms with Gasteiger partial charge in [-0.1, -0.05) is 0 Å². The van der Waals surface area contributed by atoms with Crippen LogP contribution >= 0.6 is 11.3 Å². The van der Waals surface area contributed by atoms with Crippen molar-refractivity contribution in [2.45, 2.75) is 25.8 Å². The number of likely N-dealkylation sites (N-methyl/N-ethyl adjacent to an activating group) is 1. The van der Waals surface area contributed by atoms with Gasteiger partial charge in [0, 0.05) is 62.2 Å². The zero-order chi connectivity index (χ0) is 19.7. The van der Waals surface area contributed by atoms with Gasteiger partial charge in [-0.3, -0.25) is 9.88 Å². The molecule has 4 heterocycles. The first-order chi connectivity index (χ1) is 13.6. The number of ether oxygens (including phenoxy) is 1. The van der Waals surface area contributed by atoms with Crippen molar-refractivity contribution in [3.63, 3.8) is 0 Å². The fourth-order valence-corrected chi connectivity index (χ4v) is 4.96. The third-order valence-corrected chi connectivity index (χ3v) is 6.58. The molecular formula is C21H27FN4OS. The van der Waals surface area contributed by atoms with Gasteiger partial charge in [0.25, 0.3) is 0 Å². The highest BCUT2D eigenvalue weighted by atomic mass is 32.1. The van der Waals surface area contributed by atoms with Crippen LogP contribution < -0.4 is 15.9 Å². The predicted molar refractivity (Wildman–Crippen MR) is 112 cm³/mol. The summed E-state index contributed by atoms with van der Waals surface area (Å²) in [6.45, 7) is 5.67. The monoisotopic (exact) mass is 402 g/mol. The number of anilines is 1. The van der Waals surface area contributed by atoms with E-state index in [1.807, 2.05) is 0 Å². The summed E-state index contributed by atoms with van der Waals surface area (Å²) in [5, 5.41) is 5.63. The summed E-state index contributed by atoms with van der Waals surface area (Å²) in [5.74, 6) is -0.243. The van der Waals surface area contributed by atoms with Crippen molar-refractivity contribution in [1.82, 2.24) is 14.8 Å². The van der Waals surface area contributed by atoms with Gasteiger partial charge >= 0.3 is 0 Å². The van der Waals surface area contributed by atoms with E-state index >= 15 is 0 Å². The molecule has 4 rings (SSSR count). The van der Waals surface area contributed by atoms with Crippen molar-refractivity contribution in [2.24, 2.45) is 0 Å². The third-order valence-electron chi connectivity index (χ3n) is 5.60. The van der Waals surface area contributed by atoms with Crippen LogP contribution in [0.15, 0.2) is 18.3 Å². The number of methoxy groups -OCH3 is 1. The van der Waals surface area contributed by atoms with Crippen LogP contribution in [-0.2, 0) is 4.74 Å². The molecule has 0 spiro atoms. The Bertz CT molecular complexity index is 973.